The second-order valence-corrected chi connectivity index (χ2v) is 4.46. The van der Waals surface area contributed by atoms with Crippen LogP contribution in [0.5, 0.6) is 17.2 Å². The van der Waals surface area contributed by atoms with Gasteiger partial charge in [0.2, 0.25) is 6.79 Å². The van der Waals surface area contributed by atoms with Crippen LogP contribution in [0.4, 0.5) is 0 Å². The molecule has 0 bridgehead atoms. The number of fused-ring (bicyclic) bond motifs is 1. The van der Waals surface area contributed by atoms with E-state index in [4.69, 9.17) is 24.7 Å². The maximum atomic E-state index is 5.97. The van der Waals surface area contributed by atoms with Crippen molar-refractivity contribution in [3.05, 3.63) is 17.7 Å². The number of nitrogens with two attached hydrogens (primary N) is 1. The molecular weight excluding hydrogens is 234 g/mol. The highest BCUT2D eigenvalue weighted by atomic mass is 16.7. The molecule has 98 valence electrons. The second-order valence-electron chi connectivity index (χ2n) is 4.46. The maximum absolute atomic E-state index is 5.97. The van der Waals surface area contributed by atoms with E-state index >= 15 is 0 Å². The number of hydrogen-bond acceptors (Lipinski definition) is 5. The van der Waals surface area contributed by atoms with Crippen molar-refractivity contribution >= 4 is 0 Å². The van der Waals surface area contributed by atoms with Gasteiger partial charge in [0.1, 0.15) is 11.9 Å². The first-order valence-electron chi connectivity index (χ1n) is 6.24. The largest absolute Gasteiger partial charge is 0.488 e. The average molecular weight is 251 g/mol. The molecule has 0 radical (unpaired) electrons. The van der Waals surface area contributed by atoms with Crippen LogP contribution in [0.1, 0.15) is 12.0 Å². The van der Waals surface area contributed by atoms with Crippen molar-refractivity contribution < 1.29 is 18.9 Å². The Bertz CT molecular complexity index is 429. The van der Waals surface area contributed by atoms with Crippen LogP contribution in [0.3, 0.4) is 0 Å². The van der Waals surface area contributed by atoms with Gasteiger partial charge in [-0.1, -0.05) is 0 Å². The monoisotopic (exact) mass is 251 g/mol. The Balaban J connectivity index is 1.85. The first-order chi connectivity index (χ1) is 8.86. The lowest BCUT2D eigenvalue weighted by molar-refractivity contribution is 0.140. The summed E-state index contributed by atoms with van der Waals surface area (Å²) >= 11 is 0. The second kappa shape index (κ2) is 5.04. The van der Waals surface area contributed by atoms with Crippen LogP contribution < -0.4 is 19.9 Å². The molecule has 1 aromatic rings. The van der Waals surface area contributed by atoms with E-state index in [0.717, 1.165) is 42.3 Å². The third-order valence-electron chi connectivity index (χ3n) is 3.15. The van der Waals surface area contributed by atoms with Crippen molar-refractivity contribution in [2.24, 2.45) is 5.73 Å². The Labute approximate surface area is 106 Å². The van der Waals surface area contributed by atoms with Crippen LogP contribution >= 0.6 is 0 Å². The SMILES string of the molecule is NCCc1cc2c(cc1OC1CCOC1)OCO2. The topological polar surface area (TPSA) is 62.9 Å². The van der Waals surface area contributed by atoms with Gasteiger partial charge in [0.05, 0.1) is 13.2 Å². The highest BCUT2D eigenvalue weighted by Gasteiger charge is 2.22. The molecule has 0 aliphatic carbocycles. The third kappa shape index (κ3) is 2.23. The fourth-order valence-corrected chi connectivity index (χ4v) is 2.21. The van der Waals surface area contributed by atoms with Gasteiger partial charge >= 0.3 is 0 Å². The van der Waals surface area contributed by atoms with Gasteiger partial charge in [-0.25, -0.2) is 0 Å². The Kier molecular flexibility index (Phi) is 3.25. The maximum Gasteiger partial charge on any atom is 0.231 e. The minimum Gasteiger partial charge on any atom is -0.488 e. The molecule has 18 heavy (non-hydrogen) atoms. The molecule has 5 heteroatoms. The highest BCUT2D eigenvalue weighted by Crippen LogP contribution is 2.38. The lowest BCUT2D eigenvalue weighted by Crippen LogP contribution is -2.17. The quantitative estimate of drug-likeness (QED) is 0.867. The van der Waals surface area contributed by atoms with Crippen molar-refractivity contribution in [1.82, 2.24) is 0 Å². The first-order valence-corrected chi connectivity index (χ1v) is 6.24. The molecule has 1 aromatic carbocycles. The summed E-state index contributed by atoms with van der Waals surface area (Å²) in [6.07, 6.45) is 1.82. The minimum absolute atomic E-state index is 0.127. The molecule has 1 unspecified atom stereocenters. The normalized spacial score (nSPS) is 21.3. The van der Waals surface area contributed by atoms with E-state index in [1.165, 1.54) is 0 Å². The summed E-state index contributed by atoms with van der Waals surface area (Å²) in [4.78, 5) is 0. The van der Waals surface area contributed by atoms with E-state index in [1.54, 1.807) is 0 Å². The van der Waals surface area contributed by atoms with Gasteiger partial charge in [0.15, 0.2) is 11.5 Å². The zero-order chi connectivity index (χ0) is 12.4. The Hall–Kier alpha value is -1.46. The van der Waals surface area contributed by atoms with E-state index < -0.39 is 0 Å². The highest BCUT2D eigenvalue weighted by molar-refractivity contribution is 5.52. The minimum atomic E-state index is 0.127. The van der Waals surface area contributed by atoms with Crippen LogP contribution in [0, 0.1) is 0 Å². The molecule has 0 amide bonds. The lowest BCUT2D eigenvalue weighted by Gasteiger charge is -2.16. The summed E-state index contributed by atoms with van der Waals surface area (Å²) in [6, 6.07) is 3.85. The molecule has 5 nitrogen and oxygen atoms in total. The Morgan fingerprint density at radius 1 is 1.28 bits per heavy atom. The van der Waals surface area contributed by atoms with Gasteiger partial charge in [0, 0.05) is 12.5 Å². The lowest BCUT2D eigenvalue weighted by atomic mass is 10.1. The summed E-state index contributed by atoms with van der Waals surface area (Å²) in [5, 5.41) is 0. The molecule has 2 aliphatic heterocycles. The third-order valence-corrected chi connectivity index (χ3v) is 3.15. The number of rotatable bonds is 4. The summed E-state index contributed by atoms with van der Waals surface area (Å²) < 4.78 is 22.0. The molecule has 0 saturated carbocycles. The average Bonchev–Trinajstić information content (AvgIpc) is 3.00. The molecule has 0 spiro atoms. The molecule has 2 N–H and O–H groups in total. The molecule has 2 aliphatic rings. The predicted molar refractivity (Wildman–Crippen MR) is 65.2 cm³/mol. The standard InChI is InChI=1S/C13H17NO4/c14-3-1-9-5-12-13(17-8-16-12)6-11(9)18-10-2-4-15-7-10/h5-6,10H,1-4,7-8,14H2. The van der Waals surface area contributed by atoms with Crippen LogP contribution in [0.15, 0.2) is 12.1 Å². The smallest absolute Gasteiger partial charge is 0.231 e. The number of ether oxygens (including phenoxy) is 4. The van der Waals surface area contributed by atoms with Crippen molar-refractivity contribution in [3.8, 4) is 17.2 Å². The van der Waals surface area contributed by atoms with E-state index in [2.05, 4.69) is 0 Å². The van der Waals surface area contributed by atoms with Crippen molar-refractivity contribution in [3.63, 3.8) is 0 Å². The first kappa shape index (κ1) is 11.6. The summed E-state index contributed by atoms with van der Waals surface area (Å²) in [6.45, 7) is 2.27. The zero-order valence-corrected chi connectivity index (χ0v) is 10.2. The van der Waals surface area contributed by atoms with Crippen LogP contribution in [0.25, 0.3) is 0 Å². The van der Waals surface area contributed by atoms with Crippen molar-refractivity contribution in [2.45, 2.75) is 18.9 Å². The van der Waals surface area contributed by atoms with Crippen molar-refractivity contribution in [1.29, 1.82) is 0 Å². The summed E-state index contributed by atoms with van der Waals surface area (Å²) in [7, 11) is 0. The summed E-state index contributed by atoms with van der Waals surface area (Å²) in [5.41, 5.74) is 6.69. The molecule has 2 heterocycles. The molecule has 0 aromatic heterocycles. The van der Waals surface area contributed by atoms with Crippen LogP contribution in [-0.4, -0.2) is 32.7 Å². The van der Waals surface area contributed by atoms with E-state index in [1.807, 2.05) is 12.1 Å². The molecular formula is C13H17NO4. The number of benzene rings is 1. The van der Waals surface area contributed by atoms with Crippen LogP contribution in [0.2, 0.25) is 0 Å². The Morgan fingerprint density at radius 2 is 2.11 bits per heavy atom. The van der Waals surface area contributed by atoms with E-state index in [9.17, 15) is 0 Å². The van der Waals surface area contributed by atoms with E-state index in [-0.39, 0.29) is 12.9 Å². The molecule has 1 atom stereocenters. The van der Waals surface area contributed by atoms with Gasteiger partial charge in [0.25, 0.3) is 0 Å². The Morgan fingerprint density at radius 3 is 2.83 bits per heavy atom. The van der Waals surface area contributed by atoms with Gasteiger partial charge in [-0.15, -0.1) is 0 Å². The zero-order valence-electron chi connectivity index (χ0n) is 10.2. The van der Waals surface area contributed by atoms with Crippen molar-refractivity contribution in [2.75, 3.05) is 26.6 Å². The van der Waals surface area contributed by atoms with Gasteiger partial charge < -0.3 is 24.7 Å². The fraction of sp³-hybridized carbons (Fsp3) is 0.538. The van der Waals surface area contributed by atoms with E-state index in [0.29, 0.717) is 13.2 Å². The fourth-order valence-electron chi connectivity index (χ4n) is 2.21. The number of hydrogen-bond donors (Lipinski definition) is 1. The molecule has 1 saturated heterocycles. The predicted octanol–water partition coefficient (Wildman–Crippen LogP) is 1.08. The summed E-state index contributed by atoms with van der Waals surface area (Å²) in [5.74, 6) is 2.35. The molecule has 1 fully saturated rings. The molecule has 3 rings (SSSR count). The van der Waals surface area contributed by atoms with Gasteiger partial charge in [-0.05, 0) is 24.6 Å². The van der Waals surface area contributed by atoms with Gasteiger partial charge in [-0.2, -0.15) is 0 Å². The van der Waals surface area contributed by atoms with Gasteiger partial charge in [-0.3, -0.25) is 0 Å². The van der Waals surface area contributed by atoms with Crippen LogP contribution in [-0.2, 0) is 11.2 Å².